The average Bonchev–Trinajstić information content (AvgIpc) is 3.06. The summed E-state index contributed by atoms with van der Waals surface area (Å²) in [5, 5.41) is 9.30. The van der Waals surface area contributed by atoms with Crippen LogP contribution < -0.4 is 25.6 Å². The highest BCUT2D eigenvalue weighted by atomic mass is 35.5. The topological polar surface area (TPSA) is 108 Å². The maximum absolute atomic E-state index is 12.5. The smallest absolute Gasteiger partial charge is 0.253 e. The van der Waals surface area contributed by atoms with Crippen LogP contribution in [0.25, 0.3) is 0 Å². The van der Waals surface area contributed by atoms with Crippen molar-refractivity contribution in [3.05, 3.63) is 119 Å². The van der Waals surface area contributed by atoms with Crippen LogP contribution in [0.5, 0.6) is 5.75 Å². The molecule has 1 atom stereocenters. The fourth-order valence-electron chi connectivity index (χ4n) is 5.07. The van der Waals surface area contributed by atoms with Crippen molar-refractivity contribution in [2.45, 2.75) is 26.2 Å². The van der Waals surface area contributed by atoms with Gasteiger partial charge in [-0.05, 0) is 62.2 Å². The van der Waals surface area contributed by atoms with Gasteiger partial charge in [-0.25, -0.2) is 4.98 Å². The van der Waals surface area contributed by atoms with E-state index in [2.05, 4.69) is 49.2 Å². The van der Waals surface area contributed by atoms with Crippen LogP contribution in [0, 0.1) is 0 Å². The number of anilines is 5. The number of benzene rings is 3. The van der Waals surface area contributed by atoms with Crippen LogP contribution in [0.2, 0.25) is 5.02 Å². The molecule has 0 saturated carbocycles. The Kier molecular flexibility index (Phi) is 9.79. The zero-order valence-corrected chi connectivity index (χ0v) is 26.4. The molecule has 230 valence electrons. The van der Waals surface area contributed by atoms with Gasteiger partial charge in [-0.15, -0.1) is 0 Å². The van der Waals surface area contributed by atoms with E-state index in [9.17, 15) is 9.59 Å². The predicted molar refractivity (Wildman–Crippen MR) is 180 cm³/mol. The van der Waals surface area contributed by atoms with Crippen LogP contribution >= 0.6 is 11.6 Å². The number of para-hydroxylation sites is 1. The summed E-state index contributed by atoms with van der Waals surface area (Å²) < 4.78 is 5.71. The molecule has 3 aromatic carbocycles. The molecule has 0 fully saturated rings. The largest absolute Gasteiger partial charge is 0.494 e. The number of nitrogens with one attached hydrogen (secondary N) is 3. The van der Waals surface area contributed by atoms with Crippen molar-refractivity contribution < 1.29 is 14.3 Å². The van der Waals surface area contributed by atoms with E-state index in [-0.39, 0.29) is 17.6 Å². The fourth-order valence-corrected chi connectivity index (χ4v) is 5.21. The fraction of sp³-hybridized carbons (Fsp3) is 0.200. The Balaban J connectivity index is 1.30. The molecule has 1 aliphatic rings. The van der Waals surface area contributed by atoms with Gasteiger partial charge in [0.25, 0.3) is 5.91 Å². The van der Waals surface area contributed by atoms with Crippen molar-refractivity contribution in [2.24, 2.45) is 0 Å². The molecule has 9 nitrogen and oxygen atoms in total. The number of carbonyl (C=O) groups excluding carboxylic acids is 2. The van der Waals surface area contributed by atoms with Crippen LogP contribution in [0.4, 0.5) is 28.8 Å². The number of nitrogens with zero attached hydrogens (tertiary/aromatic N) is 3. The van der Waals surface area contributed by atoms with Crippen LogP contribution in [0.3, 0.4) is 0 Å². The highest BCUT2D eigenvalue weighted by Crippen LogP contribution is 2.35. The summed E-state index contributed by atoms with van der Waals surface area (Å²) in [4.78, 5) is 35.9. The quantitative estimate of drug-likeness (QED) is 0.122. The summed E-state index contributed by atoms with van der Waals surface area (Å²) in [5.74, 6) is 1.29. The first kappa shape index (κ1) is 31.3. The molecule has 0 spiro atoms. The van der Waals surface area contributed by atoms with E-state index in [1.807, 2.05) is 56.3 Å². The van der Waals surface area contributed by atoms with Gasteiger partial charge < -0.3 is 25.6 Å². The summed E-state index contributed by atoms with van der Waals surface area (Å²) in [7, 11) is 3.19. The molecule has 0 bridgehead atoms. The van der Waals surface area contributed by atoms with Gasteiger partial charge in [0.05, 0.1) is 30.2 Å². The number of carbonyl (C=O) groups is 2. The van der Waals surface area contributed by atoms with Gasteiger partial charge in [0.1, 0.15) is 10.8 Å². The van der Waals surface area contributed by atoms with Crippen molar-refractivity contribution in [2.75, 3.05) is 36.2 Å². The molecule has 0 saturated heterocycles. The highest BCUT2D eigenvalue weighted by Gasteiger charge is 2.19. The maximum atomic E-state index is 12.5. The number of amides is 1. The number of hydrogen-bond acceptors (Lipinski definition) is 8. The predicted octanol–water partition coefficient (Wildman–Crippen LogP) is 7.64. The lowest BCUT2D eigenvalue weighted by molar-refractivity contribution is 0.0963. The van der Waals surface area contributed by atoms with Crippen molar-refractivity contribution in [1.82, 2.24) is 15.3 Å². The van der Waals surface area contributed by atoms with Crippen LogP contribution in [-0.2, 0) is 0 Å². The molecule has 2 heterocycles. The third kappa shape index (κ3) is 7.50. The monoisotopic (exact) mass is 622 g/mol. The molecule has 3 N–H and O–H groups in total. The first-order chi connectivity index (χ1) is 21.7. The number of aromatic nitrogens is 2. The minimum absolute atomic E-state index is 0.0295. The SMILES string of the molecule is CNC(=O)c1ccccc1Nc1nc(Nc2ccc(N3C=CC(c4cccc(C(=O)C=C(C)C)c4)CC3)cc2OC)ncc1Cl. The first-order valence-corrected chi connectivity index (χ1v) is 14.9. The minimum Gasteiger partial charge on any atom is -0.494 e. The summed E-state index contributed by atoms with van der Waals surface area (Å²) in [6.45, 7) is 4.65. The van der Waals surface area contributed by atoms with Crippen molar-refractivity contribution in [3.8, 4) is 5.75 Å². The summed E-state index contributed by atoms with van der Waals surface area (Å²) in [6.07, 6.45) is 8.32. The molecule has 0 aliphatic carbocycles. The second kappa shape index (κ2) is 14.1. The van der Waals surface area contributed by atoms with Crippen LogP contribution in [0.15, 0.2) is 96.9 Å². The lowest BCUT2D eigenvalue weighted by Crippen LogP contribution is -2.23. The Morgan fingerprint density at radius 3 is 2.58 bits per heavy atom. The third-order valence-electron chi connectivity index (χ3n) is 7.36. The molecule has 0 radical (unpaired) electrons. The Hall–Kier alpha value is -5.15. The van der Waals surface area contributed by atoms with E-state index in [1.54, 1.807) is 38.4 Å². The number of ketones is 1. The summed E-state index contributed by atoms with van der Waals surface area (Å²) in [6, 6.07) is 20.9. The molecule has 1 aromatic heterocycles. The van der Waals surface area contributed by atoms with Gasteiger partial charge in [0.15, 0.2) is 11.6 Å². The number of halogens is 1. The maximum Gasteiger partial charge on any atom is 0.253 e. The summed E-state index contributed by atoms with van der Waals surface area (Å²) >= 11 is 6.40. The Morgan fingerprint density at radius 1 is 1.02 bits per heavy atom. The first-order valence-electron chi connectivity index (χ1n) is 14.6. The van der Waals surface area contributed by atoms with Crippen LogP contribution in [-0.4, -0.2) is 42.4 Å². The molecule has 10 heteroatoms. The van der Waals surface area contributed by atoms with Gasteiger partial charge in [0, 0.05) is 43.0 Å². The molecule has 1 aliphatic heterocycles. The average molecular weight is 623 g/mol. The second-order valence-corrected chi connectivity index (χ2v) is 11.2. The number of hydrogen-bond donors (Lipinski definition) is 3. The minimum atomic E-state index is -0.230. The zero-order chi connectivity index (χ0) is 31.9. The molecule has 45 heavy (non-hydrogen) atoms. The number of methoxy groups -OCH3 is 1. The normalized spacial score (nSPS) is 14.0. The van der Waals surface area contributed by atoms with Crippen molar-refractivity contribution in [1.29, 1.82) is 0 Å². The highest BCUT2D eigenvalue weighted by molar-refractivity contribution is 6.33. The lowest BCUT2D eigenvalue weighted by Gasteiger charge is -2.29. The van der Waals surface area contributed by atoms with Crippen LogP contribution in [0.1, 0.15) is 52.5 Å². The van der Waals surface area contributed by atoms with Crippen molar-refractivity contribution in [3.63, 3.8) is 0 Å². The second-order valence-electron chi connectivity index (χ2n) is 10.8. The number of rotatable bonds is 10. The van der Waals surface area contributed by atoms with Gasteiger partial charge in [-0.2, -0.15) is 4.98 Å². The third-order valence-corrected chi connectivity index (χ3v) is 7.63. The van der Waals surface area contributed by atoms with E-state index in [4.69, 9.17) is 16.3 Å². The van der Waals surface area contributed by atoms with E-state index < -0.39 is 0 Å². The zero-order valence-electron chi connectivity index (χ0n) is 25.6. The summed E-state index contributed by atoms with van der Waals surface area (Å²) in [5.41, 5.74) is 5.50. The molecule has 5 rings (SSSR count). The lowest BCUT2D eigenvalue weighted by atomic mass is 9.91. The Labute approximate surface area is 268 Å². The van der Waals surface area contributed by atoms with E-state index in [1.165, 1.54) is 6.20 Å². The van der Waals surface area contributed by atoms with Crippen molar-refractivity contribution >= 4 is 52.1 Å². The molecule has 1 unspecified atom stereocenters. The molecular formula is C35H35ClN6O3. The van der Waals surface area contributed by atoms with E-state index >= 15 is 0 Å². The Morgan fingerprint density at radius 2 is 1.84 bits per heavy atom. The standard InChI is InChI=1S/C35H35ClN6O3/c1-22(2)18-31(43)25-9-7-8-24(19-25)23-14-16-42(17-15-23)26-12-13-30(32(20-26)45-4)40-35-38-21-28(36)33(41-35)39-29-11-6-5-10-27(29)34(44)37-3/h5-14,16,18-21,23H,15,17H2,1-4H3,(H,37,44)(H2,38,39,40,41). The molecular weight excluding hydrogens is 588 g/mol. The van der Waals surface area contributed by atoms with Gasteiger partial charge in [-0.1, -0.05) is 53.6 Å². The number of allylic oxidation sites excluding steroid dienone is 3. The van der Waals surface area contributed by atoms with E-state index in [0.29, 0.717) is 45.0 Å². The molecule has 1 amide bonds. The Bertz CT molecular complexity index is 1780. The van der Waals surface area contributed by atoms with Gasteiger partial charge in [-0.3, -0.25) is 9.59 Å². The number of ether oxygens (including phenoxy) is 1. The molecule has 4 aromatic rings. The van der Waals surface area contributed by atoms with Gasteiger partial charge >= 0.3 is 0 Å². The van der Waals surface area contributed by atoms with Gasteiger partial charge in [0.2, 0.25) is 5.95 Å². The van der Waals surface area contributed by atoms with E-state index in [0.717, 1.165) is 29.8 Å².